The molecule has 2 N–H and O–H groups in total. The van der Waals surface area contributed by atoms with Crippen molar-refractivity contribution in [3.05, 3.63) is 42.1 Å². The van der Waals surface area contributed by atoms with Crippen LogP contribution in [0.5, 0.6) is 0 Å². The number of hydrogen-bond donors (Lipinski definition) is 2. The molecule has 1 aliphatic carbocycles. The van der Waals surface area contributed by atoms with Gasteiger partial charge in [0.15, 0.2) is 0 Å². The van der Waals surface area contributed by atoms with E-state index in [0.29, 0.717) is 17.3 Å². The van der Waals surface area contributed by atoms with Crippen LogP contribution in [-0.4, -0.2) is 48.7 Å². The zero-order valence-corrected chi connectivity index (χ0v) is 18.5. The van der Waals surface area contributed by atoms with Gasteiger partial charge in [-0.05, 0) is 43.3 Å². The van der Waals surface area contributed by atoms with Gasteiger partial charge in [-0.15, -0.1) is 0 Å². The van der Waals surface area contributed by atoms with E-state index in [9.17, 15) is 9.59 Å². The molecule has 162 valence electrons. The Balaban J connectivity index is 0.000000407. The Morgan fingerprint density at radius 3 is 2.77 bits per heavy atom. The second-order valence-corrected chi connectivity index (χ2v) is 8.62. The van der Waals surface area contributed by atoms with Crippen molar-refractivity contribution >= 4 is 46.6 Å². The van der Waals surface area contributed by atoms with Crippen LogP contribution >= 0.6 is 11.9 Å². The minimum absolute atomic E-state index is 0.390. The maximum absolute atomic E-state index is 12.1. The predicted molar refractivity (Wildman–Crippen MR) is 126 cm³/mol. The summed E-state index contributed by atoms with van der Waals surface area (Å²) in [5.41, 5.74) is 4.50. The number of ether oxygens (including phenoxy) is 1. The van der Waals surface area contributed by atoms with E-state index in [2.05, 4.69) is 37.8 Å². The maximum atomic E-state index is 12.1. The highest BCUT2D eigenvalue weighted by molar-refractivity contribution is 8.00. The number of aromatic nitrogens is 2. The van der Waals surface area contributed by atoms with E-state index in [0.717, 1.165) is 53.6 Å². The van der Waals surface area contributed by atoms with Crippen molar-refractivity contribution in [1.82, 2.24) is 9.97 Å². The second kappa shape index (κ2) is 9.43. The zero-order valence-electron chi connectivity index (χ0n) is 17.7. The average Bonchev–Trinajstić information content (AvgIpc) is 3.31. The molecular weight excluding hydrogens is 412 g/mol. The van der Waals surface area contributed by atoms with E-state index in [1.54, 1.807) is 6.20 Å². The molecule has 1 saturated carbocycles. The van der Waals surface area contributed by atoms with E-state index in [-0.39, 0.29) is 5.97 Å². The monoisotopic (exact) mass is 438 g/mol. The van der Waals surface area contributed by atoms with E-state index in [1.165, 1.54) is 19.2 Å². The lowest BCUT2D eigenvalue weighted by Crippen LogP contribution is -2.09. The van der Waals surface area contributed by atoms with Gasteiger partial charge in [0.1, 0.15) is 12.1 Å². The lowest BCUT2D eigenvalue weighted by molar-refractivity contribution is -0.108. The number of carbonyl (C=O) groups excluding carboxylic acids is 2. The molecule has 0 atom stereocenters. The third kappa shape index (κ3) is 4.54. The third-order valence-corrected chi connectivity index (χ3v) is 6.50. The first kappa shape index (κ1) is 21.2. The summed E-state index contributed by atoms with van der Waals surface area (Å²) < 4.78 is 7.25. The van der Waals surface area contributed by atoms with Gasteiger partial charge < -0.3 is 24.1 Å². The zero-order chi connectivity index (χ0) is 21.8. The van der Waals surface area contributed by atoms with Crippen molar-refractivity contribution in [3.63, 3.8) is 0 Å². The molecule has 1 aromatic carbocycles. The van der Waals surface area contributed by atoms with Gasteiger partial charge in [-0.25, -0.2) is 9.78 Å². The number of methoxy groups -OCH3 is 1. The standard InChI is InChI=1S/C19H20N4O2S.C4H6O/c1-20-18-17-13(14(11-21-18)19(24)25-2)10-15(22-17)12-6-3-4-7-16(12)23-8-5-9-26-23;5-3-4-1-2-4/h3-4,6-7,10-11,22H,5,8-9H2,1-2H3,(H,20,21);3-4H,1-2H2. The van der Waals surface area contributed by atoms with E-state index in [1.807, 2.05) is 31.1 Å². The summed E-state index contributed by atoms with van der Waals surface area (Å²) in [6.45, 7) is 1.04. The number of rotatable bonds is 5. The molecule has 1 saturated heterocycles. The number of esters is 1. The van der Waals surface area contributed by atoms with Gasteiger partial charge in [-0.1, -0.05) is 18.2 Å². The summed E-state index contributed by atoms with van der Waals surface area (Å²) in [7, 11) is 3.20. The van der Waals surface area contributed by atoms with Crippen molar-refractivity contribution in [2.45, 2.75) is 19.3 Å². The summed E-state index contributed by atoms with van der Waals surface area (Å²) >= 11 is 1.85. The Morgan fingerprint density at radius 1 is 1.35 bits per heavy atom. The number of nitrogens with zero attached hydrogens (tertiary/aromatic N) is 2. The molecule has 3 aromatic rings. The van der Waals surface area contributed by atoms with Crippen LogP contribution in [-0.2, 0) is 9.53 Å². The first-order valence-corrected chi connectivity index (χ1v) is 11.3. The highest BCUT2D eigenvalue weighted by Crippen LogP contribution is 2.38. The van der Waals surface area contributed by atoms with E-state index >= 15 is 0 Å². The Bertz CT molecular complexity index is 1090. The Morgan fingerprint density at radius 2 is 2.16 bits per heavy atom. The number of fused-ring (bicyclic) bond motifs is 1. The first-order valence-electron chi connectivity index (χ1n) is 10.4. The van der Waals surface area contributed by atoms with Crippen molar-refractivity contribution in [3.8, 4) is 11.3 Å². The van der Waals surface area contributed by atoms with Crippen LogP contribution in [0.15, 0.2) is 36.5 Å². The smallest absolute Gasteiger partial charge is 0.340 e. The molecule has 0 bridgehead atoms. The number of anilines is 2. The Hall–Kier alpha value is -3.00. The molecule has 31 heavy (non-hydrogen) atoms. The number of carbonyl (C=O) groups is 2. The number of nitrogens with one attached hydrogen (secondary N) is 2. The number of hydrogen-bond acceptors (Lipinski definition) is 7. The van der Waals surface area contributed by atoms with Crippen LogP contribution in [0.3, 0.4) is 0 Å². The number of para-hydroxylation sites is 1. The summed E-state index contributed by atoms with van der Waals surface area (Å²) in [5.74, 6) is 1.91. The lowest BCUT2D eigenvalue weighted by atomic mass is 10.1. The van der Waals surface area contributed by atoms with Gasteiger partial charge in [0.25, 0.3) is 0 Å². The molecule has 5 rings (SSSR count). The molecule has 3 heterocycles. The van der Waals surface area contributed by atoms with Gasteiger partial charge in [0.2, 0.25) is 0 Å². The van der Waals surface area contributed by atoms with Crippen molar-refractivity contribution < 1.29 is 14.3 Å². The largest absolute Gasteiger partial charge is 0.465 e. The SMILES string of the molecule is CNc1ncc(C(=O)OC)c2cc(-c3ccccc3N3CCCS3)[nH]c12.O=CC1CC1. The average molecular weight is 439 g/mol. The summed E-state index contributed by atoms with van der Waals surface area (Å²) in [6, 6.07) is 10.3. The molecule has 8 heteroatoms. The molecule has 0 unspecified atom stereocenters. The third-order valence-electron chi connectivity index (χ3n) is 5.34. The lowest BCUT2D eigenvalue weighted by Gasteiger charge is -2.19. The molecule has 0 amide bonds. The molecule has 2 aliphatic rings. The fourth-order valence-corrected chi connectivity index (χ4v) is 4.55. The highest BCUT2D eigenvalue weighted by atomic mass is 32.2. The highest BCUT2D eigenvalue weighted by Gasteiger charge is 2.21. The van der Waals surface area contributed by atoms with Crippen LogP contribution in [0.4, 0.5) is 11.5 Å². The fourth-order valence-electron chi connectivity index (χ4n) is 3.51. The minimum Gasteiger partial charge on any atom is -0.465 e. The van der Waals surface area contributed by atoms with Crippen LogP contribution in [0.1, 0.15) is 29.6 Å². The molecular formula is C23H26N4O3S. The molecule has 7 nitrogen and oxygen atoms in total. The Labute approximate surface area is 185 Å². The summed E-state index contributed by atoms with van der Waals surface area (Å²) in [4.78, 5) is 29.5. The number of pyridine rings is 1. The number of aldehydes is 1. The first-order chi connectivity index (χ1) is 15.2. The topological polar surface area (TPSA) is 87.3 Å². The summed E-state index contributed by atoms with van der Waals surface area (Å²) in [5, 5.41) is 3.88. The van der Waals surface area contributed by atoms with Crippen LogP contribution < -0.4 is 9.62 Å². The van der Waals surface area contributed by atoms with Crippen LogP contribution in [0, 0.1) is 5.92 Å². The predicted octanol–water partition coefficient (Wildman–Crippen LogP) is 4.51. The van der Waals surface area contributed by atoms with E-state index < -0.39 is 0 Å². The Kier molecular flexibility index (Phi) is 6.46. The summed E-state index contributed by atoms with van der Waals surface area (Å²) in [6.07, 6.45) is 6.05. The molecule has 2 aromatic heterocycles. The molecule has 1 aliphatic heterocycles. The van der Waals surface area contributed by atoms with Gasteiger partial charge in [0.05, 0.1) is 23.9 Å². The number of benzene rings is 1. The maximum Gasteiger partial charge on any atom is 0.340 e. The van der Waals surface area contributed by atoms with Gasteiger partial charge in [0, 0.05) is 48.1 Å². The number of aromatic amines is 1. The van der Waals surface area contributed by atoms with Crippen molar-refractivity contribution in [2.24, 2.45) is 5.92 Å². The molecule has 0 spiro atoms. The van der Waals surface area contributed by atoms with Crippen LogP contribution in [0.25, 0.3) is 22.2 Å². The fraction of sp³-hybridized carbons (Fsp3) is 0.348. The van der Waals surface area contributed by atoms with Gasteiger partial charge in [-0.2, -0.15) is 0 Å². The van der Waals surface area contributed by atoms with Crippen molar-refractivity contribution in [1.29, 1.82) is 0 Å². The normalized spacial score (nSPS) is 15.4. The second-order valence-electron chi connectivity index (χ2n) is 7.51. The van der Waals surface area contributed by atoms with Crippen LogP contribution in [0.2, 0.25) is 0 Å². The quantitative estimate of drug-likeness (QED) is 0.344. The van der Waals surface area contributed by atoms with E-state index in [4.69, 9.17) is 4.74 Å². The number of H-pyrrole nitrogens is 1. The molecule has 0 radical (unpaired) electrons. The molecule has 2 fully saturated rings. The van der Waals surface area contributed by atoms with Gasteiger partial charge >= 0.3 is 5.97 Å². The minimum atomic E-state index is -0.390. The van der Waals surface area contributed by atoms with Gasteiger partial charge in [-0.3, -0.25) is 0 Å². The van der Waals surface area contributed by atoms with Crippen molar-refractivity contribution in [2.75, 3.05) is 36.1 Å².